The summed E-state index contributed by atoms with van der Waals surface area (Å²) in [4.78, 5) is 3.16. The molecule has 2 N–H and O–H groups in total. The van der Waals surface area contributed by atoms with Crippen LogP contribution in [-0.2, 0) is 0 Å². The highest BCUT2D eigenvalue weighted by Crippen LogP contribution is 2.20. The number of nitrogen functional groups attached to an aromatic ring is 1. The Kier molecular flexibility index (Phi) is 4.06. The molecule has 0 spiro atoms. The minimum absolute atomic E-state index is 0. The average Bonchev–Trinajstić information content (AvgIpc) is 2.30. The molecule has 1 aromatic carbocycles. The van der Waals surface area contributed by atoms with E-state index in [1.807, 2.05) is 42.5 Å². The van der Waals surface area contributed by atoms with Crippen LogP contribution in [0, 0.1) is 0 Å². The Hall–Kier alpha value is -1.83. The number of halogens is 1. The number of hydrogen-bond acceptors (Lipinski definition) is 1. The number of benzene rings is 1. The molecule has 0 radical (unpaired) electrons. The van der Waals surface area contributed by atoms with Gasteiger partial charge in [-0.25, -0.2) is 0 Å². The van der Waals surface area contributed by atoms with Crippen molar-refractivity contribution in [2.24, 2.45) is 0 Å². The molecular weight excluding hydrogens is 222 g/mol. The number of rotatable bonds is 1. The maximum atomic E-state index is 8.58. The molecule has 0 aromatic heterocycles. The van der Waals surface area contributed by atoms with Crippen molar-refractivity contribution in [1.82, 2.24) is 0 Å². The zero-order chi connectivity index (χ0) is 10.7. The highest BCUT2D eigenvalue weighted by molar-refractivity contribution is 5.98. The first kappa shape index (κ1) is 12.2. The molecular formula is C12H12ClN3. The van der Waals surface area contributed by atoms with Gasteiger partial charge in [0.25, 0.3) is 5.71 Å². The van der Waals surface area contributed by atoms with E-state index in [9.17, 15) is 0 Å². The molecule has 82 valence electrons. The predicted molar refractivity (Wildman–Crippen MR) is 68.5 cm³/mol. The number of anilines is 1. The van der Waals surface area contributed by atoms with E-state index in [-0.39, 0.29) is 12.4 Å². The average molecular weight is 234 g/mol. The minimum Gasteiger partial charge on any atom is -0.399 e. The van der Waals surface area contributed by atoms with Crippen molar-refractivity contribution in [2.75, 3.05) is 5.73 Å². The summed E-state index contributed by atoms with van der Waals surface area (Å²) in [6.45, 7) is 0. The van der Waals surface area contributed by atoms with Crippen molar-refractivity contribution in [3.05, 3.63) is 53.6 Å². The monoisotopic (exact) mass is 233 g/mol. The van der Waals surface area contributed by atoms with Crippen LogP contribution in [-0.4, -0.2) is 10.5 Å². The van der Waals surface area contributed by atoms with Crippen LogP contribution in [0.15, 0.2) is 42.5 Å². The summed E-state index contributed by atoms with van der Waals surface area (Å²) in [5.74, 6) is 0. The van der Waals surface area contributed by atoms with Crippen LogP contribution < -0.4 is 5.73 Å². The zero-order valence-corrected chi connectivity index (χ0v) is 9.45. The van der Waals surface area contributed by atoms with Crippen molar-refractivity contribution < 1.29 is 4.79 Å². The number of nitrogens with zero attached hydrogens (tertiary/aromatic N) is 2. The topological polar surface area (TPSA) is 62.4 Å². The first-order chi connectivity index (χ1) is 7.29. The Labute approximate surface area is 100 Å². The zero-order valence-electron chi connectivity index (χ0n) is 8.63. The third-order valence-corrected chi connectivity index (χ3v) is 2.36. The second-order valence-electron chi connectivity index (χ2n) is 3.41. The number of allylic oxidation sites excluding steroid dienone is 4. The minimum atomic E-state index is 0. The first-order valence-electron chi connectivity index (χ1n) is 4.74. The lowest BCUT2D eigenvalue weighted by molar-refractivity contribution is -0.00535. The van der Waals surface area contributed by atoms with Crippen LogP contribution in [0.1, 0.15) is 12.0 Å². The van der Waals surface area contributed by atoms with Crippen LogP contribution in [0.4, 0.5) is 5.69 Å². The Morgan fingerprint density at radius 3 is 2.31 bits per heavy atom. The van der Waals surface area contributed by atoms with Gasteiger partial charge in [0.1, 0.15) is 0 Å². The molecule has 0 unspecified atom stereocenters. The molecule has 1 aliphatic rings. The van der Waals surface area contributed by atoms with Gasteiger partial charge >= 0.3 is 0 Å². The van der Waals surface area contributed by atoms with Crippen LogP contribution >= 0.6 is 12.4 Å². The summed E-state index contributed by atoms with van der Waals surface area (Å²) in [5, 5.41) is 0. The summed E-state index contributed by atoms with van der Waals surface area (Å²) in [5.41, 5.74) is 17.9. The molecule has 1 aromatic rings. The molecule has 1 aliphatic carbocycles. The van der Waals surface area contributed by atoms with Gasteiger partial charge in [0.05, 0.1) is 6.42 Å². The molecule has 0 saturated carbocycles. The van der Waals surface area contributed by atoms with Crippen molar-refractivity contribution in [2.45, 2.75) is 6.42 Å². The lowest BCUT2D eigenvalue weighted by Gasteiger charge is -2.05. The van der Waals surface area contributed by atoms with Crippen LogP contribution in [0.3, 0.4) is 0 Å². The third-order valence-electron chi connectivity index (χ3n) is 2.36. The van der Waals surface area contributed by atoms with Crippen molar-refractivity contribution in [1.29, 1.82) is 0 Å². The highest BCUT2D eigenvalue weighted by Gasteiger charge is 2.08. The van der Waals surface area contributed by atoms with Gasteiger partial charge in [-0.3, -0.25) is 0 Å². The molecule has 4 heteroatoms. The quantitative estimate of drug-likeness (QED) is 0.453. The van der Waals surface area contributed by atoms with Gasteiger partial charge in [-0.15, -0.1) is 12.4 Å². The highest BCUT2D eigenvalue weighted by atomic mass is 35.5. The van der Waals surface area contributed by atoms with E-state index in [0.717, 1.165) is 16.8 Å². The first-order valence-corrected chi connectivity index (χ1v) is 4.74. The molecule has 3 nitrogen and oxygen atoms in total. The Balaban J connectivity index is 0.00000128. The van der Waals surface area contributed by atoms with Gasteiger partial charge in [0, 0.05) is 11.8 Å². The molecule has 0 saturated heterocycles. The van der Waals surface area contributed by atoms with E-state index in [2.05, 4.69) is 4.79 Å². The molecule has 2 rings (SSSR count). The maximum Gasteiger partial charge on any atom is 0.295 e. The predicted octanol–water partition coefficient (Wildman–Crippen LogP) is 2.70. The second-order valence-corrected chi connectivity index (χ2v) is 3.41. The molecule has 0 bridgehead atoms. The lowest BCUT2D eigenvalue weighted by Crippen LogP contribution is -1.98. The fourth-order valence-electron chi connectivity index (χ4n) is 1.50. The van der Waals surface area contributed by atoms with E-state index in [4.69, 9.17) is 11.3 Å². The standard InChI is InChI=1S/C12H11N3.ClH/c13-11-5-1-9(2-6-11)10-3-7-12(15-14)8-4-10;/h1-7H,8,13H2;1H. The van der Waals surface area contributed by atoms with Gasteiger partial charge in [-0.05, 0) is 29.3 Å². The van der Waals surface area contributed by atoms with Gasteiger partial charge in [-0.1, -0.05) is 18.2 Å². The SMILES string of the molecule is Cl.[N-]=[N+]=C1C=CC(c2ccc(N)cc2)=CC1. The van der Waals surface area contributed by atoms with Crippen LogP contribution in [0.25, 0.3) is 11.1 Å². The van der Waals surface area contributed by atoms with Gasteiger partial charge in [0.2, 0.25) is 0 Å². The van der Waals surface area contributed by atoms with Crippen molar-refractivity contribution in [3.8, 4) is 0 Å². The fourth-order valence-corrected chi connectivity index (χ4v) is 1.50. The molecule has 0 amide bonds. The van der Waals surface area contributed by atoms with E-state index in [0.29, 0.717) is 12.1 Å². The molecule has 0 heterocycles. The van der Waals surface area contributed by atoms with E-state index in [1.165, 1.54) is 0 Å². The maximum absolute atomic E-state index is 8.58. The number of hydrogen-bond donors (Lipinski definition) is 1. The van der Waals surface area contributed by atoms with Crippen molar-refractivity contribution >= 4 is 29.4 Å². The lowest BCUT2D eigenvalue weighted by atomic mass is 9.99. The Morgan fingerprint density at radius 2 is 1.81 bits per heavy atom. The third kappa shape index (κ3) is 2.60. The molecule has 0 atom stereocenters. The van der Waals surface area contributed by atoms with Crippen molar-refractivity contribution in [3.63, 3.8) is 0 Å². The summed E-state index contributed by atoms with van der Waals surface area (Å²) in [6, 6.07) is 7.71. The Morgan fingerprint density at radius 1 is 1.12 bits per heavy atom. The molecule has 16 heavy (non-hydrogen) atoms. The normalized spacial score (nSPS) is 13.8. The second kappa shape index (κ2) is 5.31. The summed E-state index contributed by atoms with van der Waals surface area (Å²) in [7, 11) is 0. The number of nitrogens with two attached hydrogens (primary N) is 1. The fraction of sp³-hybridized carbons (Fsp3) is 0.0833. The van der Waals surface area contributed by atoms with E-state index >= 15 is 0 Å². The largest absolute Gasteiger partial charge is 0.399 e. The van der Waals surface area contributed by atoms with Crippen LogP contribution in [0.5, 0.6) is 0 Å². The summed E-state index contributed by atoms with van der Waals surface area (Å²) < 4.78 is 0. The van der Waals surface area contributed by atoms with E-state index in [1.54, 1.807) is 0 Å². The van der Waals surface area contributed by atoms with E-state index < -0.39 is 0 Å². The smallest absolute Gasteiger partial charge is 0.295 e. The van der Waals surface area contributed by atoms with Gasteiger partial charge < -0.3 is 11.3 Å². The molecule has 0 aliphatic heterocycles. The molecule has 0 fully saturated rings. The summed E-state index contributed by atoms with van der Waals surface area (Å²) >= 11 is 0. The Bertz CT molecular complexity index is 479. The van der Waals surface area contributed by atoms with Crippen LogP contribution in [0.2, 0.25) is 0 Å². The summed E-state index contributed by atoms with van der Waals surface area (Å²) in [6.07, 6.45) is 6.43. The van der Waals surface area contributed by atoms with Gasteiger partial charge in [-0.2, -0.15) is 4.79 Å². The van der Waals surface area contributed by atoms with Gasteiger partial charge in [0.15, 0.2) is 0 Å².